The van der Waals surface area contributed by atoms with Crippen molar-refractivity contribution in [2.75, 3.05) is 52.7 Å². The van der Waals surface area contributed by atoms with Gasteiger partial charge in [-0.25, -0.2) is 0 Å². The number of aromatic nitrogens is 6. The third-order valence-corrected chi connectivity index (χ3v) is 11.4. The lowest BCUT2D eigenvalue weighted by molar-refractivity contribution is -0.122. The number of nitrogens with one attached hydrogen (secondary N) is 2. The van der Waals surface area contributed by atoms with Gasteiger partial charge in [-0.3, -0.25) is 28.7 Å². The highest BCUT2D eigenvalue weighted by molar-refractivity contribution is 6.31. The van der Waals surface area contributed by atoms with Crippen LogP contribution in [0.3, 0.4) is 0 Å². The van der Waals surface area contributed by atoms with E-state index in [0.717, 1.165) is 33.6 Å². The number of carbonyl (C=O) groups is 2. The van der Waals surface area contributed by atoms with Crippen LogP contribution in [0.15, 0.2) is 94.9 Å². The highest BCUT2D eigenvalue weighted by atomic mass is 35.5. The first-order chi connectivity index (χ1) is 32.1. The Hall–Kier alpha value is -6.46. The Morgan fingerprint density at radius 3 is 1.35 bits per heavy atom. The Labute approximate surface area is 392 Å². The van der Waals surface area contributed by atoms with E-state index >= 15 is 0 Å². The van der Waals surface area contributed by atoms with Crippen LogP contribution < -0.4 is 20.1 Å². The van der Waals surface area contributed by atoms with Gasteiger partial charge in [0.15, 0.2) is 11.6 Å². The van der Waals surface area contributed by atoms with Gasteiger partial charge >= 0.3 is 0 Å². The summed E-state index contributed by atoms with van der Waals surface area (Å²) in [7, 11) is 0. The fraction of sp³-hybridized carbons (Fsp3) is 0.333. The molecule has 0 spiro atoms. The number of fused-ring (bicyclic) bond motifs is 6. The van der Waals surface area contributed by atoms with Gasteiger partial charge in [0, 0.05) is 45.4 Å². The number of ether oxygens (including phenoxy) is 4. The third-order valence-electron chi connectivity index (χ3n) is 10.9. The highest BCUT2D eigenvalue weighted by Crippen LogP contribution is 2.36. The van der Waals surface area contributed by atoms with Crippen molar-refractivity contribution in [1.29, 1.82) is 0 Å². The van der Waals surface area contributed by atoms with Gasteiger partial charge in [-0.15, -0.1) is 20.4 Å². The molecule has 0 aliphatic carbocycles. The molecule has 342 valence electrons. The predicted octanol–water partition coefficient (Wildman–Crippen LogP) is 7.10. The smallest absolute Gasteiger partial charge is 0.222 e. The van der Waals surface area contributed by atoms with E-state index < -0.39 is 12.1 Å². The Morgan fingerprint density at radius 2 is 0.955 bits per heavy atom. The van der Waals surface area contributed by atoms with E-state index in [-0.39, 0.29) is 24.7 Å². The zero-order chi connectivity index (χ0) is 46.2. The Kier molecular flexibility index (Phi) is 14.8. The van der Waals surface area contributed by atoms with E-state index in [4.69, 9.17) is 52.1 Å². The Balaban J connectivity index is 0.866. The van der Waals surface area contributed by atoms with E-state index in [1.807, 2.05) is 122 Å². The molecule has 8 rings (SSSR count). The molecule has 4 heterocycles. The summed E-state index contributed by atoms with van der Waals surface area (Å²) in [5.74, 6) is 3.52. The van der Waals surface area contributed by atoms with Crippen molar-refractivity contribution in [2.24, 2.45) is 9.98 Å². The standard InChI is InChI=1S/C48H50Cl2N10O6/c1-5-51-43(61)27-39-47-57-55-29(3)59(47)41-17-15-35(25-37(41)45(53-39)31-7-11-33(49)12-8-31)65-23-21-63-19-20-64-22-24-66-36-16-18-42-38(26-36)46(32-9-13-34(50)14-10-32)54-40(28-44(62)52-6-2)48-58-56-30(4)60(42)48/h7-18,25-26,39-40H,5-6,19-24,27-28H2,1-4H3,(H,51,61)(H,52,62)/t39-,40-/m0/s1. The molecule has 0 unspecified atom stereocenters. The summed E-state index contributed by atoms with van der Waals surface area (Å²) in [5.41, 5.74) is 6.30. The first-order valence-electron chi connectivity index (χ1n) is 21.9. The molecule has 2 amide bonds. The van der Waals surface area contributed by atoms with E-state index in [2.05, 4.69) is 31.0 Å². The minimum absolute atomic E-state index is 0.112. The summed E-state index contributed by atoms with van der Waals surface area (Å²) >= 11 is 12.5. The van der Waals surface area contributed by atoms with Crippen LogP contribution in [0.1, 0.15) is 84.3 Å². The van der Waals surface area contributed by atoms with Gasteiger partial charge in [0.05, 0.1) is 62.1 Å². The fourth-order valence-electron chi connectivity index (χ4n) is 7.93. The molecule has 0 fully saturated rings. The van der Waals surface area contributed by atoms with Crippen molar-refractivity contribution in [2.45, 2.75) is 52.6 Å². The van der Waals surface area contributed by atoms with Crippen LogP contribution >= 0.6 is 23.2 Å². The minimum Gasteiger partial charge on any atom is -0.491 e. The summed E-state index contributed by atoms with van der Waals surface area (Å²) in [6, 6.07) is 25.3. The van der Waals surface area contributed by atoms with Gasteiger partial charge in [-0.05, 0) is 88.4 Å². The molecule has 2 atom stereocenters. The quantitative estimate of drug-likeness (QED) is 0.0796. The molecule has 16 nitrogen and oxygen atoms in total. The van der Waals surface area contributed by atoms with E-state index in [9.17, 15) is 9.59 Å². The van der Waals surface area contributed by atoms with Crippen LogP contribution in [0.4, 0.5) is 0 Å². The lowest BCUT2D eigenvalue weighted by Crippen LogP contribution is -2.25. The second-order valence-electron chi connectivity index (χ2n) is 15.5. The number of rotatable bonds is 19. The normalized spacial score (nSPS) is 14.9. The first-order valence-corrected chi connectivity index (χ1v) is 22.6. The van der Waals surface area contributed by atoms with Crippen molar-refractivity contribution >= 4 is 46.4 Å². The van der Waals surface area contributed by atoms with Gasteiger partial charge < -0.3 is 29.6 Å². The van der Waals surface area contributed by atoms with Gasteiger partial charge in [-0.2, -0.15) is 0 Å². The number of amides is 2. The predicted molar refractivity (Wildman–Crippen MR) is 251 cm³/mol. The number of hydrogen-bond acceptors (Lipinski definition) is 12. The number of hydrogen-bond donors (Lipinski definition) is 2. The zero-order valence-corrected chi connectivity index (χ0v) is 38.6. The maximum absolute atomic E-state index is 12.8. The molecule has 6 aromatic rings. The number of nitrogens with zero attached hydrogens (tertiary/aromatic N) is 8. The van der Waals surface area contributed by atoms with Gasteiger partial charge in [-0.1, -0.05) is 47.5 Å². The van der Waals surface area contributed by atoms with Crippen LogP contribution in [-0.2, 0) is 19.1 Å². The second-order valence-corrected chi connectivity index (χ2v) is 16.4. The van der Waals surface area contributed by atoms with E-state index in [1.165, 1.54) is 0 Å². The van der Waals surface area contributed by atoms with Crippen molar-refractivity contribution in [3.63, 3.8) is 0 Å². The highest BCUT2D eigenvalue weighted by Gasteiger charge is 2.32. The average molecular weight is 934 g/mol. The third kappa shape index (κ3) is 10.5. The zero-order valence-electron chi connectivity index (χ0n) is 37.1. The largest absolute Gasteiger partial charge is 0.491 e. The van der Waals surface area contributed by atoms with Crippen LogP contribution in [0.25, 0.3) is 11.4 Å². The summed E-state index contributed by atoms with van der Waals surface area (Å²) in [6.07, 6.45) is 0.225. The molecule has 4 aromatic carbocycles. The SMILES string of the molecule is CCNC(=O)C[C@@H]1N=C(c2ccc(Cl)cc2)c2cc(OCCOCCOCCOc3ccc4c(c3)C(c3ccc(Cl)cc3)=N[C@@H](CC(=O)NCC)c3nnc(C)n3-4)ccc2-n2c(C)nnc21. The maximum atomic E-state index is 12.8. The first kappa shape index (κ1) is 46.1. The van der Waals surface area contributed by atoms with Crippen molar-refractivity contribution in [1.82, 2.24) is 40.2 Å². The Morgan fingerprint density at radius 1 is 0.561 bits per heavy atom. The van der Waals surface area contributed by atoms with Crippen LogP contribution in [-0.4, -0.2) is 105 Å². The molecule has 2 aromatic heterocycles. The summed E-state index contributed by atoms with van der Waals surface area (Å²) in [6.45, 7) is 10.5. The molecule has 0 radical (unpaired) electrons. The molecule has 2 aliphatic heterocycles. The summed E-state index contributed by atoms with van der Waals surface area (Å²) in [5, 5.41) is 24.6. The molecule has 0 saturated heterocycles. The minimum atomic E-state index is -0.574. The van der Waals surface area contributed by atoms with E-state index in [0.29, 0.717) is 109 Å². The molecule has 18 heteroatoms. The van der Waals surface area contributed by atoms with Gasteiger partial charge in [0.1, 0.15) is 48.4 Å². The van der Waals surface area contributed by atoms with Crippen LogP contribution in [0.2, 0.25) is 10.0 Å². The number of carbonyl (C=O) groups excluding carboxylic acids is 2. The number of halogens is 2. The van der Waals surface area contributed by atoms with Gasteiger partial charge in [0.2, 0.25) is 11.8 Å². The molecule has 66 heavy (non-hydrogen) atoms. The topological polar surface area (TPSA) is 181 Å². The van der Waals surface area contributed by atoms with Crippen molar-refractivity contribution in [3.8, 4) is 22.9 Å². The van der Waals surface area contributed by atoms with Crippen molar-refractivity contribution < 1.29 is 28.5 Å². The summed E-state index contributed by atoms with van der Waals surface area (Å²) in [4.78, 5) is 35.9. The molecule has 2 aliphatic rings. The number of aryl methyl sites for hydroxylation is 2. The molecular formula is C48H50Cl2N10O6. The maximum Gasteiger partial charge on any atom is 0.222 e. The van der Waals surface area contributed by atoms with Crippen molar-refractivity contribution in [3.05, 3.63) is 141 Å². The number of benzene rings is 4. The average Bonchev–Trinajstić information content (AvgIpc) is 3.81. The molecule has 0 saturated carbocycles. The lowest BCUT2D eigenvalue weighted by Gasteiger charge is -2.15. The lowest BCUT2D eigenvalue weighted by atomic mass is 10.00. The molecule has 2 N–H and O–H groups in total. The summed E-state index contributed by atoms with van der Waals surface area (Å²) < 4.78 is 27.9. The van der Waals surface area contributed by atoms with Crippen LogP contribution in [0, 0.1) is 13.8 Å². The van der Waals surface area contributed by atoms with E-state index in [1.54, 1.807) is 0 Å². The Bertz CT molecular complexity index is 2570. The second kappa shape index (κ2) is 21.2. The number of aliphatic imine (C=N–C) groups is 2. The van der Waals surface area contributed by atoms with Crippen LogP contribution in [0.5, 0.6) is 11.5 Å². The van der Waals surface area contributed by atoms with Gasteiger partial charge in [0.25, 0.3) is 0 Å². The molecular weight excluding hydrogens is 883 g/mol. The molecule has 0 bridgehead atoms. The fourth-order valence-corrected chi connectivity index (χ4v) is 8.18. The monoisotopic (exact) mass is 932 g/mol.